The number of amides is 2. The van der Waals surface area contributed by atoms with E-state index < -0.39 is 35.5 Å². The Labute approximate surface area is 219 Å². The molecule has 0 radical (unpaired) electrons. The molecule has 0 bridgehead atoms. The molecule has 3 aliphatic rings. The molecular weight excluding hydrogens is 478 g/mol. The SMILES string of the molecule is COc1ccccc1N1C(=O)[C@@H]2[C@@H]3C(=O)Oc4c(ccc5ccccc45)C3=C[C@H](c3ccccc3)[C@@H]2C1=O. The van der Waals surface area contributed by atoms with Gasteiger partial charge in [-0.3, -0.25) is 14.4 Å². The summed E-state index contributed by atoms with van der Waals surface area (Å²) in [6.07, 6.45) is 2.01. The number of fused-ring (bicyclic) bond motifs is 7. The van der Waals surface area contributed by atoms with E-state index >= 15 is 0 Å². The van der Waals surface area contributed by atoms with Crippen LogP contribution in [-0.2, 0) is 14.4 Å². The van der Waals surface area contributed by atoms with Crippen molar-refractivity contribution in [2.45, 2.75) is 5.92 Å². The lowest BCUT2D eigenvalue weighted by molar-refractivity contribution is -0.142. The summed E-state index contributed by atoms with van der Waals surface area (Å²) in [5, 5.41) is 1.79. The van der Waals surface area contributed by atoms with Crippen molar-refractivity contribution < 1.29 is 23.9 Å². The number of hydrogen-bond donors (Lipinski definition) is 0. The van der Waals surface area contributed by atoms with Gasteiger partial charge in [0, 0.05) is 16.9 Å². The molecule has 2 heterocycles. The van der Waals surface area contributed by atoms with Crippen LogP contribution >= 0.6 is 0 Å². The lowest BCUT2D eigenvalue weighted by Gasteiger charge is -2.38. The van der Waals surface area contributed by atoms with E-state index in [9.17, 15) is 14.4 Å². The Kier molecular flexibility index (Phi) is 4.98. The van der Waals surface area contributed by atoms with Crippen molar-refractivity contribution >= 4 is 39.8 Å². The largest absolute Gasteiger partial charge is 0.495 e. The summed E-state index contributed by atoms with van der Waals surface area (Å²) in [4.78, 5) is 43.1. The fraction of sp³-hybridized carbons (Fsp3) is 0.156. The monoisotopic (exact) mass is 501 g/mol. The lowest BCUT2D eigenvalue weighted by Crippen LogP contribution is -2.42. The molecule has 0 aromatic heterocycles. The highest BCUT2D eigenvalue weighted by Crippen LogP contribution is 2.56. The van der Waals surface area contributed by atoms with Gasteiger partial charge in [0.2, 0.25) is 11.8 Å². The molecule has 2 aliphatic heterocycles. The van der Waals surface area contributed by atoms with E-state index in [4.69, 9.17) is 9.47 Å². The number of rotatable bonds is 3. The Bertz CT molecular complexity index is 1670. The van der Waals surface area contributed by atoms with Gasteiger partial charge in [-0.25, -0.2) is 4.90 Å². The standard InChI is InChI=1S/C32H23NO5/c1-37-25-14-8-7-13-24(25)33-30(34)26-22(18-9-3-2-4-10-18)17-23-21-16-15-19-11-5-6-12-20(19)29(21)38-32(36)27(23)28(26)31(33)35/h2-17,22,26-28H,1H3/t22-,26+,27-,28+/m1/s1. The van der Waals surface area contributed by atoms with Crippen molar-refractivity contribution in [1.82, 2.24) is 0 Å². The van der Waals surface area contributed by atoms with Crippen LogP contribution < -0.4 is 14.4 Å². The maximum absolute atomic E-state index is 14.1. The van der Waals surface area contributed by atoms with Gasteiger partial charge in [0.25, 0.3) is 0 Å². The molecule has 6 heteroatoms. The predicted octanol–water partition coefficient (Wildman–Crippen LogP) is 5.37. The Morgan fingerprint density at radius 3 is 2.29 bits per heavy atom. The lowest BCUT2D eigenvalue weighted by atomic mass is 9.64. The van der Waals surface area contributed by atoms with Gasteiger partial charge in [-0.1, -0.05) is 84.9 Å². The minimum absolute atomic E-state index is 0.342. The molecule has 1 saturated heterocycles. The third kappa shape index (κ3) is 3.10. The number of nitrogens with zero attached hydrogens (tertiary/aromatic N) is 1. The number of ether oxygens (including phenoxy) is 2. The molecule has 1 fully saturated rings. The van der Waals surface area contributed by atoms with Gasteiger partial charge < -0.3 is 9.47 Å². The Hall–Kier alpha value is -4.71. The first-order valence-corrected chi connectivity index (χ1v) is 12.6. The van der Waals surface area contributed by atoms with Crippen molar-refractivity contribution in [2.24, 2.45) is 17.8 Å². The van der Waals surface area contributed by atoms with Gasteiger partial charge in [0.1, 0.15) is 11.5 Å². The van der Waals surface area contributed by atoms with Crippen LogP contribution in [0.15, 0.2) is 97.1 Å². The quantitative estimate of drug-likeness (QED) is 0.214. The number of carbonyl (C=O) groups is 3. The summed E-state index contributed by atoms with van der Waals surface area (Å²) >= 11 is 0. The summed E-state index contributed by atoms with van der Waals surface area (Å²) in [7, 11) is 1.50. The number of carbonyl (C=O) groups excluding carboxylic acids is 3. The summed E-state index contributed by atoms with van der Waals surface area (Å²) in [5.74, 6) is -3.28. The van der Waals surface area contributed by atoms with Crippen molar-refractivity contribution in [3.63, 3.8) is 0 Å². The molecule has 4 aromatic carbocycles. The minimum Gasteiger partial charge on any atom is -0.495 e. The normalized spacial score (nSPS) is 23.9. The number of allylic oxidation sites excluding steroid dienone is 1. The van der Waals surface area contributed by atoms with Gasteiger partial charge in [-0.2, -0.15) is 0 Å². The number of anilines is 1. The second-order valence-corrected chi connectivity index (χ2v) is 9.86. The molecule has 1 aliphatic carbocycles. The molecule has 0 unspecified atom stereocenters. The average molecular weight is 502 g/mol. The van der Waals surface area contributed by atoms with Gasteiger partial charge in [-0.05, 0) is 28.7 Å². The van der Waals surface area contributed by atoms with Crippen LogP contribution in [0.2, 0.25) is 0 Å². The molecular formula is C32H23NO5. The third-order valence-corrected chi connectivity index (χ3v) is 8.00. The fourth-order valence-electron chi connectivity index (χ4n) is 6.34. The maximum atomic E-state index is 14.1. The highest BCUT2D eigenvalue weighted by atomic mass is 16.5. The van der Waals surface area contributed by atoms with Crippen LogP contribution in [0.3, 0.4) is 0 Å². The second-order valence-electron chi connectivity index (χ2n) is 9.86. The Morgan fingerprint density at radius 1 is 0.763 bits per heavy atom. The number of benzene rings is 4. The van der Waals surface area contributed by atoms with Crippen LogP contribution in [0.1, 0.15) is 17.0 Å². The molecule has 4 aromatic rings. The summed E-state index contributed by atoms with van der Waals surface area (Å²) in [6, 6.07) is 28.3. The molecule has 0 saturated carbocycles. The number of methoxy groups -OCH3 is 1. The Morgan fingerprint density at radius 2 is 1.47 bits per heavy atom. The van der Waals surface area contributed by atoms with E-state index in [0.29, 0.717) is 17.2 Å². The zero-order valence-corrected chi connectivity index (χ0v) is 20.5. The first kappa shape index (κ1) is 22.5. The minimum atomic E-state index is -0.898. The predicted molar refractivity (Wildman–Crippen MR) is 143 cm³/mol. The van der Waals surface area contributed by atoms with Crippen molar-refractivity contribution in [3.8, 4) is 11.5 Å². The molecule has 0 spiro atoms. The van der Waals surface area contributed by atoms with E-state index in [1.807, 2.05) is 72.8 Å². The second kappa shape index (κ2) is 8.42. The molecule has 0 N–H and O–H groups in total. The first-order valence-electron chi connectivity index (χ1n) is 12.6. The summed E-state index contributed by atoms with van der Waals surface area (Å²) < 4.78 is 11.4. The maximum Gasteiger partial charge on any atom is 0.319 e. The van der Waals surface area contributed by atoms with Crippen molar-refractivity contribution in [3.05, 3.63) is 108 Å². The highest BCUT2D eigenvalue weighted by Gasteiger charge is 2.60. The van der Waals surface area contributed by atoms with E-state index in [1.165, 1.54) is 12.0 Å². The van der Waals surface area contributed by atoms with Gasteiger partial charge >= 0.3 is 5.97 Å². The highest BCUT2D eigenvalue weighted by molar-refractivity contribution is 6.25. The zero-order valence-electron chi connectivity index (χ0n) is 20.5. The zero-order chi connectivity index (χ0) is 26.0. The average Bonchev–Trinajstić information content (AvgIpc) is 3.22. The van der Waals surface area contributed by atoms with Crippen LogP contribution in [0.25, 0.3) is 16.3 Å². The van der Waals surface area contributed by atoms with E-state index in [0.717, 1.165) is 27.5 Å². The van der Waals surface area contributed by atoms with Gasteiger partial charge in [-0.15, -0.1) is 0 Å². The van der Waals surface area contributed by atoms with Crippen LogP contribution in [0.4, 0.5) is 5.69 Å². The summed E-state index contributed by atoms with van der Waals surface area (Å²) in [6.45, 7) is 0. The molecule has 7 rings (SSSR count). The Balaban J connectivity index is 1.45. The number of hydrogen-bond acceptors (Lipinski definition) is 5. The fourth-order valence-corrected chi connectivity index (χ4v) is 6.34. The molecule has 2 amide bonds. The van der Waals surface area contributed by atoms with Crippen LogP contribution in [0, 0.1) is 17.8 Å². The summed E-state index contributed by atoms with van der Waals surface area (Å²) in [5.41, 5.74) is 2.81. The van der Waals surface area contributed by atoms with E-state index in [2.05, 4.69) is 0 Å². The third-order valence-electron chi connectivity index (χ3n) is 8.00. The topological polar surface area (TPSA) is 72.9 Å². The van der Waals surface area contributed by atoms with Crippen LogP contribution in [-0.4, -0.2) is 24.9 Å². The number of imide groups is 1. The van der Waals surface area contributed by atoms with Gasteiger partial charge in [0.05, 0.1) is 30.6 Å². The van der Waals surface area contributed by atoms with E-state index in [-0.39, 0.29) is 5.91 Å². The number of esters is 1. The van der Waals surface area contributed by atoms with Crippen LogP contribution in [0.5, 0.6) is 11.5 Å². The van der Waals surface area contributed by atoms with Crippen molar-refractivity contribution in [1.29, 1.82) is 0 Å². The molecule has 6 nitrogen and oxygen atoms in total. The smallest absolute Gasteiger partial charge is 0.319 e. The molecule has 4 atom stereocenters. The van der Waals surface area contributed by atoms with E-state index in [1.54, 1.807) is 24.3 Å². The van der Waals surface area contributed by atoms with Gasteiger partial charge in [0.15, 0.2) is 0 Å². The molecule has 38 heavy (non-hydrogen) atoms. The molecule has 186 valence electrons. The van der Waals surface area contributed by atoms with Crippen molar-refractivity contribution in [2.75, 3.05) is 12.0 Å². The first-order chi connectivity index (χ1) is 18.6. The number of para-hydroxylation sites is 2.